The fourth-order valence-electron chi connectivity index (χ4n) is 2.10. The Morgan fingerprint density at radius 2 is 1.88 bits per heavy atom. The normalized spacial score (nSPS) is 10.9. The summed E-state index contributed by atoms with van der Waals surface area (Å²) in [7, 11) is 1.97. The summed E-state index contributed by atoms with van der Waals surface area (Å²) in [6.45, 7) is 8.54. The summed E-state index contributed by atoms with van der Waals surface area (Å²) in [5, 5.41) is 0. The highest BCUT2D eigenvalue weighted by atomic mass is 79.9. The molecule has 0 radical (unpaired) electrons. The number of nitrogens with zero attached hydrogens (tertiary/aromatic N) is 2. The Kier molecular flexibility index (Phi) is 6.63. The number of hydrogen-bond acceptors (Lipinski definition) is 2. The number of ether oxygens (including phenoxy) is 1. The van der Waals surface area contributed by atoms with E-state index in [4.69, 9.17) is 4.74 Å². The average Bonchev–Trinajstić information content (AvgIpc) is 2.53. The predicted octanol–water partition coefficient (Wildman–Crippen LogP) is 6.40. The largest absolute Gasteiger partial charge is 0.457 e. The van der Waals surface area contributed by atoms with Crippen LogP contribution < -0.4 is 4.74 Å². The predicted molar refractivity (Wildman–Crippen MR) is 109 cm³/mol. The summed E-state index contributed by atoms with van der Waals surface area (Å²) in [5.41, 5.74) is 3.04. The molecule has 3 nitrogen and oxygen atoms in total. The van der Waals surface area contributed by atoms with Crippen molar-refractivity contribution in [3.63, 3.8) is 0 Å². The first-order valence-electron chi connectivity index (χ1n) is 7.50. The zero-order valence-electron chi connectivity index (χ0n) is 14.0. The molecule has 0 bridgehead atoms. The van der Waals surface area contributed by atoms with Crippen LogP contribution in [0.25, 0.3) is 0 Å². The molecule has 0 N–H and O–H groups in total. The van der Waals surface area contributed by atoms with Gasteiger partial charge in [0.05, 0.1) is 12.0 Å². The zero-order chi connectivity index (χ0) is 17.7. The highest BCUT2D eigenvalue weighted by Crippen LogP contribution is 2.34. The fraction of sp³-hybridized carbons (Fsp3) is 0.211. The first kappa shape index (κ1) is 18.7. The SMILES string of the molecule is C=CCN(C)/C=N\c1cc(C)c(Oc2ccc(Br)c(Br)c2)cc1C. The van der Waals surface area contributed by atoms with E-state index < -0.39 is 0 Å². The van der Waals surface area contributed by atoms with E-state index in [0.717, 1.165) is 43.8 Å². The van der Waals surface area contributed by atoms with Gasteiger partial charge in [0.25, 0.3) is 0 Å². The summed E-state index contributed by atoms with van der Waals surface area (Å²) in [6, 6.07) is 9.88. The molecule has 0 spiro atoms. The molecule has 0 aromatic heterocycles. The third kappa shape index (κ3) is 4.95. The van der Waals surface area contributed by atoms with Gasteiger partial charge < -0.3 is 9.64 Å². The van der Waals surface area contributed by atoms with Gasteiger partial charge in [0.1, 0.15) is 11.5 Å². The van der Waals surface area contributed by atoms with E-state index in [1.807, 2.05) is 68.5 Å². The maximum absolute atomic E-state index is 6.02. The molecule has 0 amide bonds. The third-order valence-electron chi connectivity index (χ3n) is 3.42. The monoisotopic (exact) mass is 450 g/mol. The molecule has 2 aromatic carbocycles. The van der Waals surface area contributed by atoms with E-state index in [1.165, 1.54) is 0 Å². The summed E-state index contributed by atoms with van der Waals surface area (Å²) >= 11 is 6.95. The fourth-order valence-corrected chi connectivity index (χ4v) is 2.71. The molecule has 0 aliphatic heterocycles. The molecule has 0 atom stereocenters. The van der Waals surface area contributed by atoms with Gasteiger partial charge in [-0.05, 0) is 87.2 Å². The van der Waals surface area contributed by atoms with Gasteiger partial charge >= 0.3 is 0 Å². The first-order valence-corrected chi connectivity index (χ1v) is 9.08. The highest BCUT2D eigenvalue weighted by molar-refractivity contribution is 9.13. The van der Waals surface area contributed by atoms with Crippen LogP contribution in [0, 0.1) is 13.8 Å². The summed E-state index contributed by atoms with van der Waals surface area (Å²) in [5.74, 6) is 1.62. The van der Waals surface area contributed by atoms with Crippen LogP contribution in [0.3, 0.4) is 0 Å². The van der Waals surface area contributed by atoms with E-state index in [2.05, 4.69) is 43.4 Å². The van der Waals surface area contributed by atoms with Gasteiger partial charge in [-0.2, -0.15) is 0 Å². The molecule has 24 heavy (non-hydrogen) atoms. The number of rotatable bonds is 6. The lowest BCUT2D eigenvalue weighted by Crippen LogP contribution is -2.15. The van der Waals surface area contributed by atoms with Crippen LogP contribution in [-0.2, 0) is 0 Å². The summed E-state index contributed by atoms with van der Waals surface area (Å²) in [6.07, 6.45) is 3.66. The van der Waals surface area contributed by atoms with Gasteiger partial charge in [0.2, 0.25) is 0 Å². The molecule has 0 aliphatic carbocycles. The first-order chi connectivity index (χ1) is 11.4. The van der Waals surface area contributed by atoms with E-state index in [0.29, 0.717) is 0 Å². The number of aryl methyl sites for hydroxylation is 2. The number of halogens is 2. The van der Waals surface area contributed by atoms with Crippen LogP contribution in [0.1, 0.15) is 11.1 Å². The van der Waals surface area contributed by atoms with Crippen molar-refractivity contribution in [3.05, 3.63) is 63.1 Å². The second-order valence-corrected chi connectivity index (χ2v) is 7.26. The summed E-state index contributed by atoms with van der Waals surface area (Å²) < 4.78 is 7.97. The van der Waals surface area contributed by atoms with Gasteiger partial charge in [-0.1, -0.05) is 6.08 Å². The lowest BCUT2D eigenvalue weighted by molar-refractivity contribution is 0.478. The van der Waals surface area contributed by atoms with Gasteiger partial charge in [-0.25, -0.2) is 4.99 Å². The molecular formula is C19H20Br2N2O. The maximum Gasteiger partial charge on any atom is 0.130 e. The molecule has 2 rings (SSSR count). The van der Waals surface area contributed by atoms with Crippen LogP contribution in [0.2, 0.25) is 0 Å². The van der Waals surface area contributed by atoms with Gasteiger partial charge in [0.15, 0.2) is 0 Å². The molecule has 5 heteroatoms. The van der Waals surface area contributed by atoms with Crippen molar-refractivity contribution in [2.75, 3.05) is 13.6 Å². The molecule has 0 fully saturated rings. The number of likely N-dealkylation sites (N-methyl/N-ethyl adjacent to an activating group) is 1. The minimum Gasteiger partial charge on any atom is -0.457 e. The smallest absolute Gasteiger partial charge is 0.130 e. The Balaban J connectivity index is 2.22. The van der Waals surface area contributed by atoms with Crippen molar-refractivity contribution in [2.24, 2.45) is 4.99 Å². The van der Waals surface area contributed by atoms with Crippen molar-refractivity contribution < 1.29 is 4.74 Å². The number of benzene rings is 2. The van der Waals surface area contributed by atoms with Crippen molar-refractivity contribution in [1.29, 1.82) is 0 Å². The third-order valence-corrected chi connectivity index (χ3v) is 5.30. The quantitative estimate of drug-likeness (QED) is 0.288. The van der Waals surface area contributed by atoms with Crippen LogP contribution in [0.15, 0.2) is 56.9 Å². The minimum atomic E-state index is 0.765. The Labute approximate surface area is 160 Å². The maximum atomic E-state index is 6.02. The zero-order valence-corrected chi connectivity index (χ0v) is 17.2. The Bertz CT molecular complexity index is 772. The molecule has 126 valence electrons. The number of hydrogen-bond donors (Lipinski definition) is 0. The molecule has 0 aliphatic rings. The second kappa shape index (κ2) is 8.49. The van der Waals surface area contributed by atoms with Gasteiger partial charge in [0, 0.05) is 22.5 Å². The van der Waals surface area contributed by atoms with E-state index in [1.54, 1.807) is 0 Å². The Hall–Kier alpha value is -1.59. The van der Waals surface area contributed by atoms with Crippen LogP contribution in [-0.4, -0.2) is 24.8 Å². The standard InChI is InChI=1S/C19H20Br2N2O/c1-5-8-23(4)12-22-18-9-14(3)19(10-13(18)2)24-15-6-7-16(20)17(21)11-15/h5-7,9-12H,1,8H2,2-4H3/b22-12-. The van der Waals surface area contributed by atoms with Gasteiger partial charge in [-0.3, -0.25) is 0 Å². The average molecular weight is 452 g/mol. The topological polar surface area (TPSA) is 24.8 Å². The lowest BCUT2D eigenvalue weighted by Gasteiger charge is -2.13. The van der Waals surface area contributed by atoms with Crippen molar-refractivity contribution in [2.45, 2.75) is 13.8 Å². The summed E-state index contributed by atoms with van der Waals surface area (Å²) in [4.78, 5) is 6.52. The molecule has 2 aromatic rings. The Morgan fingerprint density at radius 3 is 2.54 bits per heavy atom. The van der Waals surface area contributed by atoms with Crippen LogP contribution in [0.4, 0.5) is 5.69 Å². The Morgan fingerprint density at radius 1 is 1.12 bits per heavy atom. The van der Waals surface area contributed by atoms with Gasteiger partial charge in [-0.15, -0.1) is 6.58 Å². The van der Waals surface area contributed by atoms with E-state index >= 15 is 0 Å². The molecule has 0 saturated heterocycles. The van der Waals surface area contributed by atoms with Crippen molar-refractivity contribution in [3.8, 4) is 11.5 Å². The van der Waals surface area contributed by atoms with Crippen LogP contribution >= 0.6 is 31.9 Å². The highest BCUT2D eigenvalue weighted by Gasteiger charge is 2.07. The van der Waals surface area contributed by atoms with E-state index in [9.17, 15) is 0 Å². The lowest BCUT2D eigenvalue weighted by atomic mass is 10.1. The second-order valence-electron chi connectivity index (χ2n) is 5.55. The molecule has 0 saturated carbocycles. The number of aliphatic imine (C=N–C) groups is 1. The van der Waals surface area contributed by atoms with Crippen molar-refractivity contribution in [1.82, 2.24) is 4.90 Å². The molecule has 0 unspecified atom stereocenters. The molecular weight excluding hydrogens is 432 g/mol. The molecule has 0 heterocycles. The minimum absolute atomic E-state index is 0.765. The van der Waals surface area contributed by atoms with E-state index in [-0.39, 0.29) is 0 Å². The van der Waals surface area contributed by atoms with Crippen LogP contribution in [0.5, 0.6) is 11.5 Å². The van der Waals surface area contributed by atoms with Crippen molar-refractivity contribution >= 4 is 43.9 Å².